The third kappa shape index (κ3) is 4.67. The van der Waals surface area contributed by atoms with Crippen molar-refractivity contribution in [3.8, 4) is 5.75 Å². The summed E-state index contributed by atoms with van der Waals surface area (Å²) in [7, 11) is 1.65. The highest BCUT2D eigenvalue weighted by molar-refractivity contribution is 6.32. The van der Waals surface area contributed by atoms with E-state index in [-0.39, 0.29) is 11.1 Å². The molecule has 0 fully saturated rings. The molecule has 0 aliphatic heterocycles. The summed E-state index contributed by atoms with van der Waals surface area (Å²) in [5.41, 5.74) is 0.602. The predicted molar refractivity (Wildman–Crippen MR) is 65.5 cm³/mol. The Hall–Kier alpha value is -1.15. The SMILES string of the molecule is CNC(C)c1ccc(OC(C(F)(F)F)C(F)(F)F)c(Cl)c1. The summed E-state index contributed by atoms with van der Waals surface area (Å²) < 4.78 is 78.4. The lowest BCUT2D eigenvalue weighted by molar-refractivity contribution is -0.299. The molecule has 0 saturated heterocycles. The van der Waals surface area contributed by atoms with Crippen LogP contribution in [0.3, 0.4) is 0 Å². The van der Waals surface area contributed by atoms with Crippen LogP contribution in [0.5, 0.6) is 5.75 Å². The van der Waals surface area contributed by atoms with Gasteiger partial charge >= 0.3 is 12.4 Å². The Morgan fingerprint density at radius 1 is 1.10 bits per heavy atom. The Morgan fingerprint density at radius 2 is 1.62 bits per heavy atom. The molecule has 9 heteroatoms. The second kappa shape index (κ2) is 6.31. The number of rotatable bonds is 4. The summed E-state index contributed by atoms with van der Waals surface area (Å²) in [5, 5.41) is 2.53. The molecule has 2 nitrogen and oxygen atoms in total. The molecule has 120 valence electrons. The minimum absolute atomic E-state index is 0.169. The normalized spacial score (nSPS) is 14.4. The first-order valence-electron chi connectivity index (χ1n) is 5.73. The molecular weight excluding hydrogens is 324 g/mol. The zero-order valence-electron chi connectivity index (χ0n) is 10.9. The topological polar surface area (TPSA) is 21.3 Å². The van der Waals surface area contributed by atoms with Gasteiger partial charge in [0, 0.05) is 6.04 Å². The van der Waals surface area contributed by atoms with Crippen LogP contribution in [0.15, 0.2) is 18.2 Å². The lowest BCUT2D eigenvalue weighted by Gasteiger charge is -2.24. The molecule has 1 atom stereocenters. The Morgan fingerprint density at radius 3 is 2.00 bits per heavy atom. The molecule has 0 amide bonds. The summed E-state index contributed by atoms with van der Waals surface area (Å²) in [6.45, 7) is 1.75. The van der Waals surface area contributed by atoms with Gasteiger partial charge in [-0.1, -0.05) is 17.7 Å². The van der Waals surface area contributed by atoms with Gasteiger partial charge in [-0.2, -0.15) is 26.3 Å². The largest absolute Gasteiger partial charge is 0.470 e. The standard InChI is InChI=1S/C12H12ClF6NO/c1-6(20-2)7-3-4-9(8(13)5-7)21-10(11(14,15)16)12(17,18)19/h3-6,10,20H,1-2H3. The quantitative estimate of drug-likeness (QED) is 0.818. The molecule has 21 heavy (non-hydrogen) atoms. The highest BCUT2D eigenvalue weighted by atomic mass is 35.5. The summed E-state index contributed by atoms with van der Waals surface area (Å²) in [6, 6.07) is 3.40. The van der Waals surface area contributed by atoms with E-state index in [4.69, 9.17) is 11.6 Å². The van der Waals surface area contributed by atoms with Gasteiger partial charge < -0.3 is 10.1 Å². The third-order valence-electron chi connectivity index (χ3n) is 2.73. The van der Waals surface area contributed by atoms with Gasteiger partial charge in [0.2, 0.25) is 0 Å². The van der Waals surface area contributed by atoms with Gasteiger partial charge in [-0.15, -0.1) is 0 Å². The maximum absolute atomic E-state index is 12.4. The van der Waals surface area contributed by atoms with Crippen LogP contribution >= 0.6 is 11.6 Å². The second-order valence-electron chi connectivity index (χ2n) is 4.28. The molecule has 1 N–H and O–H groups in total. The molecule has 0 aromatic heterocycles. The number of hydrogen-bond acceptors (Lipinski definition) is 2. The van der Waals surface area contributed by atoms with Crippen molar-refractivity contribution in [1.82, 2.24) is 5.32 Å². The Balaban J connectivity index is 3.06. The molecule has 1 unspecified atom stereocenters. The summed E-state index contributed by atoms with van der Waals surface area (Å²) in [5.74, 6) is -0.677. The van der Waals surface area contributed by atoms with Gasteiger partial charge in [0.05, 0.1) is 5.02 Å². The van der Waals surface area contributed by atoms with Gasteiger partial charge in [-0.3, -0.25) is 0 Å². The molecule has 0 aliphatic rings. The van der Waals surface area contributed by atoms with Crippen LogP contribution in [0.25, 0.3) is 0 Å². The average Bonchev–Trinajstić information content (AvgIpc) is 2.33. The Bertz CT molecular complexity index is 474. The second-order valence-corrected chi connectivity index (χ2v) is 4.69. The minimum atomic E-state index is -5.58. The van der Waals surface area contributed by atoms with E-state index in [1.807, 2.05) is 0 Å². The molecule has 1 aromatic carbocycles. The van der Waals surface area contributed by atoms with E-state index in [1.54, 1.807) is 14.0 Å². The van der Waals surface area contributed by atoms with Gasteiger partial charge in [-0.05, 0) is 31.7 Å². The highest BCUT2D eigenvalue weighted by Crippen LogP contribution is 2.38. The van der Waals surface area contributed by atoms with Crippen molar-refractivity contribution in [2.45, 2.75) is 31.4 Å². The molecule has 1 aromatic rings. The van der Waals surface area contributed by atoms with Gasteiger partial charge in [0.25, 0.3) is 6.10 Å². The predicted octanol–water partition coefficient (Wildman–Crippen LogP) is 4.49. The molecule has 0 bridgehead atoms. The molecule has 0 heterocycles. The number of ether oxygens (including phenoxy) is 1. The van der Waals surface area contributed by atoms with E-state index in [9.17, 15) is 26.3 Å². The van der Waals surface area contributed by atoms with Crippen molar-refractivity contribution in [3.05, 3.63) is 28.8 Å². The Kier molecular flexibility index (Phi) is 5.38. The van der Waals surface area contributed by atoms with Crippen molar-refractivity contribution in [3.63, 3.8) is 0 Å². The van der Waals surface area contributed by atoms with Crippen molar-refractivity contribution in [2.24, 2.45) is 0 Å². The monoisotopic (exact) mass is 335 g/mol. The Labute approximate surface area is 122 Å². The van der Waals surface area contributed by atoms with E-state index < -0.39 is 24.2 Å². The fourth-order valence-electron chi connectivity index (χ4n) is 1.49. The third-order valence-corrected chi connectivity index (χ3v) is 3.02. The van der Waals surface area contributed by atoms with Gasteiger partial charge in [0.1, 0.15) is 5.75 Å². The van der Waals surface area contributed by atoms with E-state index in [0.29, 0.717) is 5.56 Å². The van der Waals surface area contributed by atoms with E-state index in [0.717, 1.165) is 6.07 Å². The van der Waals surface area contributed by atoms with Crippen molar-refractivity contribution in [1.29, 1.82) is 0 Å². The zero-order chi connectivity index (χ0) is 16.4. The van der Waals surface area contributed by atoms with Crippen LogP contribution < -0.4 is 10.1 Å². The number of halogens is 7. The van der Waals surface area contributed by atoms with Crippen molar-refractivity contribution < 1.29 is 31.1 Å². The van der Waals surface area contributed by atoms with E-state index in [1.165, 1.54) is 12.1 Å². The number of benzene rings is 1. The van der Waals surface area contributed by atoms with E-state index in [2.05, 4.69) is 10.1 Å². The number of alkyl halides is 6. The molecule has 0 spiro atoms. The van der Waals surface area contributed by atoms with Crippen molar-refractivity contribution in [2.75, 3.05) is 7.05 Å². The van der Waals surface area contributed by atoms with Crippen LogP contribution in [0.2, 0.25) is 5.02 Å². The molecule has 0 radical (unpaired) electrons. The zero-order valence-corrected chi connectivity index (χ0v) is 11.7. The fourth-order valence-corrected chi connectivity index (χ4v) is 1.73. The fraction of sp³-hybridized carbons (Fsp3) is 0.500. The molecule has 0 aliphatic carbocycles. The molecular formula is C12H12ClF6NO. The molecule has 0 saturated carbocycles. The summed E-state index contributed by atoms with van der Waals surface area (Å²) in [6.07, 6.45) is -15.1. The average molecular weight is 336 g/mol. The van der Waals surface area contributed by atoms with Gasteiger partial charge in [0.15, 0.2) is 0 Å². The van der Waals surface area contributed by atoms with Crippen molar-refractivity contribution >= 4 is 11.6 Å². The summed E-state index contributed by atoms with van der Waals surface area (Å²) >= 11 is 5.69. The first kappa shape index (κ1) is 17.9. The molecule has 1 rings (SSSR count). The lowest BCUT2D eigenvalue weighted by atomic mass is 10.1. The van der Waals surface area contributed by atoms with Crippen LogP contribution in [-0.2, 0) is 0 Å². The minimum Gasteiger partial charge on any atom is -0.470 e. The van der Waals surface area contributed by atoms with Gasteiger partial charge in [-0.25, -0.2) is 0 Å². The maximum atomic E-state index is 12.4. The maximum Gasteiger partial charge on any atom is 0.434 e. The first-order chi connectivity index (χ1) is 9.46. The van der Waals surface area contributed by atoms with Crippen LogP contribution in [0.1, 0.15) is 18.5 Å². The van der Waals surface area contributed by atoms with Crippen LogP contribution in [0, 0.1) is 0 Å². The smallest absolute Gasteiger partial charge is 0.434 e. The highest BCUT2D eigenvalue weighted by Gasteiger charge is 2.59. The first-order valence-corrected chi connectivity index (χ1v) is 6.11. The summed E-state index contributed by atoms with van der Waals surface area (Å²) in [4.78, 5) is 0. The number of hydrogen-bond donors (Lipinski definition) is 1. The lowest BCUT2D eigenvalue weighted by Crippen LogP contribution is -2.46. The van der Waals surface area contributed by atoms with Crippen LogP contribution in [-0.4, -0.2) is 25.5 Å². The van der Waals surface area contributed by atoms with Crippen LogP contribution in [0.4, 0.5) is 26.3 Å². The number of nitrogens with one attached hydrogen (secondary N) is 1. The van der Waals surface area contributed by atoms with E-state index >= 15 is 0 Å².